The number of sulfonamides is 1. The highest BCUT2D eigenvalue weighted by atomic mass is 35.5. The number of hydrogen-bond acceptors (Lipinski definition) is 7. The van der Waals surface area contributed by atoms with Gasteiger partial charge in [-0.1, -0.05) is 41.7 Å². The van der Waals surface area contributed by atoms with Crippen LogP contribution in [0.5, 0.6) is 5.75 Å². The molecule has 0 fully saturated rings. The third-order valence-corrected chi connectivity index (χ3v) is 7.28. The Hall–Kier alpha value is -1.19. The number of hydrazine groups is 2. The average Bonchev–Trinajstić information content (AvgIpc) is 2.71. The topological polar surface area (TPSA) is 131 Å². The molecule has 3 rings (SSSR count). The Balaban J connectivity index is 1.71. The predicted molar refractivity (Wildman–Crippen MR) is 127 cm³/mol. The molecule has 15 heteroatoms. The van der Waals surface area contributed by atoms with Gasteiger partial charge in [0.15, 0.2) is 0 Å². The minimum atomic E-state index is -4.01. The summed E-state index contributed by atoms with van der Waals surface area (Å²) < 4.78 is 53.4. The summed E-state index contributed by atoms with van der Waals surface area (Å²) in [4.78, 5) is 2.35. The molecule has 0 saturated carbocycles. The lowest BCUT2D eigenvalue weighted by Gasteiger charge is -2.38. The molecular weight excluding hydrogens is 539 g/mol. The molecule has 2 unspecified atom stereocenters. The van der Waals surface area contributed by atoms with E-state index in [1.807, 2.05) is 0 Å². The molecule has 1 aliphatic heterocycles. The second-order valence-corrected chi connectivity index (χ2v) is 10.6. The van der Waals surface area contributed by atoms with Gasteiger partial charge in [0.05, 0.1) is 27.2 Å². The van der Waals surface area contributed by atoms with Gasteiger partial charge in [0.1, 0.15) is 18.5 Å². The fourth-order valence-electron chi connectivity index (χ4n) is 3.15. The molecule has 0 aliphatic carbocycles. The first kappa shape index (κ1) is 26.4. The van der Waals surface area contributed by atoms with Crippen LogP contribution in [0, 0.1) is 0 Å². The molecule has 2 atom stereocenters. The fourth-order valence-corrected chi connectivity index (χ4v) is 5.56. The molecule has 0 spiro atoms. The van der Waals surface area contributed by atoms with E-state index in [0.717, 1.165) is 0 Å². The SMILES string of the molecule is CCN(CC(O)COc1ccc(Cl)cc1Cl)N1Cc2cc(Cl)c(NS(=O)O)cc2S(=O)(=O)N1. The van der Waals surface area contributed by atoms with Crippen molar-refractivity contribution < 1.29 is 27.0 Å². The minimum absolute atomic E-state index is 0.0100. The largest absolute Gasteiger partial charge is 0.489 e. The third kappa shape index (κ3) is 6.69. The van der Waals surface area contributed by atoms with Crippen molar-refractivity contribution in [2.24, 2.45) is 0 Å². The molecule has 2 aromatic carbocycles. The van der Waals surface area contributed by atoms with Crippen molar-refractivity contribution in [1.82, 2.24) is 15.0 Å². The number of aliphatic hydroxyl groups excluding tert-OH is 1. The summed E-state index contributed by atoms with van der Waals surface area (Å²) in [6.45, 7) is 2.24. The van der Waals surface area contributed by atoms with Crippen molar-refractivity contribution in [3.8, 4) is 5.75 Å². The Morgan fingerprint density at radius 1 is 1.27 bits per heavy atom. The molecule has 0 radical (unpaired) electrons. The lowest BCUT2D eigenvalue weighted by Crippen LogP contribution is -2.57. The molecule has 4 N–H and O–H groups in total. The summed E-state index contributed by atoms with van der Waals surface area (Å²) in [6, 6.07) is 7.32. The summed E-state index contributed by atoms with van der Waals surface area (Å²) in [5.74, 6) is 0.360. The number of benzene rings is 2. The lowest BCUT2D eigenvalue weighted by molar-refractivity contribution is -0.0826. The molecule has 10 nitrogen and oxygen atoms in total. The van der Waals surface area contributed by atoms with Crippen LogP contribution in [-0.4, -0.2) is 58.2 Å². The lowest BCUT2D eigenvalue weighted by atomic mass is 10.2. The van der Waals surface area contributed by atoms with Gasteiger partial charge in [0.25, 0.3) is 21.3 Å². The smallest absolute Gasteiger partial charge is 0.259 e. The van der Waals surface area contributed by atoms with Gasteiger partial charge in [-0.15, -0.1) is 4.83 Å². The Morgan fingerprint density at radius 2 is 2.00 bits per heavy atom. The molecule has 2 aromatic rings. The maximum absolute atomic E-state index is 12.8. The highest BCUT2D eigenvalue weighted by Gasteiger charge is 2.33. The van der Waals surface area contributed by atoms with Gasteiger partial charge in [-0.3, -0.25) is 9.27 Å². The number of nitrogens with one attached hydrogen (secondary N) is 2. The quantitative estimate of drug-likeness (QED) is 0.345. The Morgan fingerprint density at radius 3 is 2.64 bits per heavy atom. The van der Waals surface area contributed by atoms with E-state index in [-0.39, 0.29) is 35.3 Å². The van der Waals surface area contributed by atoms with E-state index >= 15 is 0 Å². The van der Waals surface area contributed by atoms with Crippen LogP contribution in [0.4, 0.5) is 5.69 Å². The number of anilines is 1. The third-order valence-electron chi connectivity index (χ3n) is 4.64. The van der Waals surface area contributed by atoms with Crippen molar-refractivity contribution in [3.05, 3.63) is 51.0 Å². The number of halogens is 3. The van der Waals surface area contributed by atoms with E-state index < -0.39 is 27.4 Å². The van der Waals surface area contributed by atoms with Crippen LogP contribution in [0.1, 0.15) is 12.5 Å². The van der Waals surface area contributed by atoms with Crippen molar-refractivity contribution >= 4 is 61.8 Å². The van der Waals surface area contributed by atoms with Crippen LogP contribution in [-0.2, 0) is 27.8 Å². The molecule has 1 aliphatic rings. The number of nitrogens with zero attached hydrogens (tertiary/aromatic N) is 2. The number of fused-ring (bicyclic) bond motifs is 1. The number of rotatable bonds is 9. The first-order valence-electron chi connectivity index (χ1n) is 9.51. The Kier molecular flexibility index (Phi) is 8.83. The van der Waals surface area contributed by atoms with Gasteiger partial charge in [0.2, 0.25) is 0 Å². The number of ether oxygens (including phenoxy) is 1. The van der Waals surface area contributed by atoms with Crippen LogP contribution in [0.3, 0.4) is 0 Å². The average molecular weight is 560 g/mol. The molecule has 1 heterocycles. The predicted octanol–water partition coefficient (Wildman–Crippen LogP) is 2.88. The molecule has 0 aromatic heterocycles. The molecular formula is C18H21Cl3N4O6S2. The first-order valence-corrected chi connectivity index (χ1v) is 13.2. The summed E-state index contributed by atoms with van der Waals surface area (Å²) >= 11 is 15.6. The summed E-state index contributed by atoms with van der Waals surface area (Å²) in [5.41, 5.74) is 0.390. The summed E-state index contributed by atoms with van der Waals surface area (Å²) in [7, 11) is -4.01. The number of likely N-dealkylation sites (N-methyl/N-ethyl adjacent to an activating group) is 1. The highest BCUT2D eigenvalue weighted by Crippen LogP contribution is 2.32. The van der Waals surface area contributed by atoms with Crippen LogP contribution in [0.2, 0.25) is 15.1 Å². The zero-order valence-corrected chi connectivity index (χ0v) is 21.1. The maximum atomic E-state index is 12.8. The number of aliphatic hydroxyl groups is 1. The van der Waals surface area contributed by atoms with Crippen LogP contribution >= 0.6 is 34.8 Å². The summed E-state index contributed by atoms with van der Waals surface area (Å²) in [6.07, 6.45) is -0.975. The van der Waals surface area contributed by atoms with Gasteiger partial charge in [-0.25, -0.2) is 17.6 Å². The Labute approximate surface area is 208 Å². The van der Waals surface area contributed by atoms with Crippen molar-refractivity contribution in [2.75, 3.05) is 24.4 Å². The highest BCUT2D eigenvalue weighted by molar-refractivity contribution is 7.89. The van der Waals surface area contributed by atoms with Crippen molar-refractivity contribution in [2.45, 2.75) is 24.5 Å². The normalized spacial score (nSPS) is 17.4. The van der Waals surface area contributed by atoms with Crippen molar-refractivity contribution in [1.29, 1.82) is 0 Å². The molecule has 0 bridgehead atoms. The van der Waals surface area contributed by atoms with E-state index in [0.29, 0.717) is 27.9 Å². The van der Waals surface area contributed by atoms with E-state index in [9.17, 15) is 17.7 Å². The maximum Gasteiger partial charge on any atom is 0.259 e. The van der Waals surface area contributed by atoms with Crippen LogP contribution in [0.15, 0.2) is 35.2 Å². The van der Waals surface area contributed by atoms with Gasteiger partial charge in [0, 0.05) is 18.1 Å². The molecule has 0 amide bonds. The van der Waals surface area contributed by atoms with Gasteiger partial charge >= 0.3 is 0 Å². The van der Waals surface area contributed by atoms with E-state index in [1.165, 1.54) is 23.3 Å². The van der Waals surface area contributed by atoms with Crippen LogP contribution in [0.25, 0.3) is 0 Å². The first-order chi connectivity index (χ1) is 15.5. The van der Waals surface area contributed by atoms with E-state index in [4.69, 9.17) is 44.1 Å². The zero-order chi connectivity index (χ0) is 24.3. The van der Waals surface area contributed by atoms with Gasteiger partial charge in [-0.05, 0) is 35.9 Å². The van der Waals surface area contributed by atoms with Gasteiger partial charge < -0.3 is 9.84 Å². The summed E-state index contributed by atoms with van der Waals surface area (Å²) in [5, 5.41) is 14.3. The van der Waals surface area contributed by atoms with Gasteiger partial charge in [-0.2, -0.15) is 5.12 Å². The number of hydrogen-bond donors (Lipinski definition) is 4. The van der Waals surface area contributed by atoms with E-state index in [1.54, 1.807) is 24.1 Å². The standard InChI is InChI=1S/C18H21Cl3N4O6S2/c1-2-24(9-13(26)10-31-17-4-3-12(19)6-15(17)21)25-8-11-5-14(20)16(22-32(27)28)7-18(11)33(29,30)23-25/h3-7,13,22-23,26H,2,8-10H2,1H3,(H,27,28). The van der Waals surface area contributed by atoms with E-state index in [2.05, 4.69) is 9.55 Å². The minimum Gasteiger partial charge on any atom is -0.489 e. The second-order valence-electron chi connectivity index (χ2n) is 6.99. The molecule has 0 saturated heterocycles. The molecule has 182 valence electrons. The Bertz CT molecular complexity index is 1150. The second kappa shape index (κ2) is 11.0. The zero-order valence-electron chi connectivity index (χ0n) is 17.2. The molecule has 33 heavy (non-hydrogen) atoms. The van der Waals surface area contributed by atoms with Crippen molar-refractivity contribution in [3.63, 3.8) is 0 Å². The fraction of sp³-hybridized carbons (Fsp3) is 0.333. The monoisotopic (exact) mass is 558 g/mol. The van der Waals surface area contributed by atoms with Crippen LogP contribution < -0.4 is 14.3 Å².